The summed E-state index contributed by atoms with van der Waals surface area (Å²) >= 11 is 0. The molecule has 0 saturated carbocycles. The van der Waals surface area contributed by atoms with Crippen molar-refractivity contribution in [1.29, 1.82) is 0 Å². The molecule has 0 spiro atoms. The van der Waals surface area contributed by atoms with Gasteiger partial charge in [-0.3, -0.25) is 9.80 Å². The number of nitrogens with one attached hydrogen (secondary N) is 1. The zero-order chi connectivity index (χ0) is 13.9. The summed E-state index contributed by atoms with van der Waals surface area (Å²) in [6, 6.07) is 0.855. The summed E-state index contributed by atoms with van der Waals surface area (Å²) in [5.41, 5.74) is 0.385. The maximum atomic E-state index is 3.62. The van der Waals surface area contributed by atoms with E-state index in [-0.39, 0.29) is 0 Å². The Labute approximate surface area is 119 Å². The van der Waals surface area contributed by atoms with Gasteiger partial charge in [-0.15, -0.1) is 0 Å². The average molecular weight is 267 g/mol. The number of fused-ring (bicyclic) bond motifs is 1. The van der Waals surface area contributed by atoms with E-state index in [1.807, 2.05) is 0 Å². The van der Waals surface area contributed by atoms with Crippen LogP contribution >= 0.6 is 0 Å². The molecule has 0 aromatic rings. The Hall–Kier alpha value is -0.120. The van der Waals surface area contributed by atoms with Crippen molar-refractivity contribution in [3.63, 3.8) is 0 Å². The Morgan fingerprint density at radius 3 is 2.74 bits per heavy atom. The Kier molecular flexibility index (Phi) is 5.27. The van der Waals surface area contributed by atoms with Gasteiger partial charge in [0.1, 0.15) is 0 Å². The van der Waals surface area contributed by atoms with Crippen LogP contribution in [0.4, 0.5) is 0 Å². The first kappa shape index (κ1) is 15.3. The maximum absolute atomic E-state index is 3.62. The Balaban J connectivity index is 1.73. The van der Waals surface area contributed by atoms with E-state index in [0.717, 1.165) is 25.0 Å². The van der Waals surface area contributed by atoms with Crippen LogP contribution in [0.5, 0.6) is 0 Å². The molecule has 2 saturated heterocycles. The van der Waals surface area contributed by atoms with Crippen LogP contribution < -0.4 is 5.32 Å². The zero-order valence-corrected chi connectivity index (χ0v) is 13.4. The third kappa shape index (κ3) is 4.73. The van der Waals surface area contributed by atoms with Gasteiger partial charge in [0, 0.05) is 38.8 Å². The summed E-state index contributed by atoms with van der Waals surface area (Å²) in [4.78, 5) is 5.39. The Morgan fingerprint density at radius 2 is 2.00 bits per heavy atom. The molecule has 1 unspecified atom stereocenters. The van der Waals surface area contributed by atoms with E-state index in [9.17, 15) is 0 Å². The van der Waals surface area contributed by atoms with E-state index in [2.05, 4.69) is 42.8 Å². The molecular formula is C16H33N3. The van der Waals surface area contributed by atoms with E-state index < -0.39 is 0 Å². The third-order valence-corrected chi connectivity index (χ3v) is 4.48. The SMILES string of the molecule is CC(C)CNCC(C)(C)CN1CCN2CCCC2C1. The minimum absolute atomic E-state index is 0.385. The zero-order valence-electron chi connectivity index (χ0n) is 13.4. The van der Waals surface area contributed by atoms with Crippen LogP contribution in [0, 0.1) is 11.3 Å². The van der Waals surface area contributed by atoms with Gasteiger partial charge in [0.05, 0.1) is 0 Å². The lowest BCUT2D eigenvalue weighted by Crippen LogP contribution is -2.53. The molecule has 3 nitrogen and oxygen atoms in total. The smallest absolute Gasteiger partial charge is 0.0224 e. The van der Waals surface area contributed by atoms with Crippen molar-refractivity contribution < 1.29 is 0 Å². The molecule has 0 amide bonds. The quantitative estimate of drug-likeness (QED) is 0.794. The van der Waals surface area contributed by atoms with Gasteiger partial charge >= 0.3 is 0 Å². The summed E-state index contributed by atoms with van der Waals surface area (Å²) in [5.74, 6) is 0.748. The van der Waals surface area contributed by atoms with Gasteiger partial charge in [-0.1, -0.05) is 27.7 Å². The molecule has 1 N–H and O–H groups in total. The van der Waals surface area contributed by atoms with E-state index in [1.165, 1.54) is 45.6 Å². The van der Waals surface area contributed by atoms with Crippen molar-refractivity contribution in [3.05, 3.63) is 0 Å². The summed E-state index contributed by atoms with van der Waals surface area (Å²) < 4.78 is 0. The normalized spacial score (nSPS) is 26.1. The summed E-state index contributed by atoms with van der Waals surface area (Å²) in [5, 5.41) is 3.62. The molecular weight excluding hydrogens is 234 g/mol. The average Bonchev–Trinajstić information content (AvgIpc) is 2.74. The molecule has 112 valence electrons. The monoisotopic (exact) mass is 267 g/mol. The molecule has 0 bridgehead atoms. The van der Waals surface area contributed by atoms with E-state index in [4.69, 9.17) is 0 Å². The van der Waals surface area contributed by atoms with Crippen molar-refractivity contribution in [1.82, 2.24) is 15.1 Å². The largest absolute Gasteiger partial charge is 0.316 e. The molecule has 0 radical (unpaired) electrons. The van der Waals surface area contributed by atoms with E-state index >= 15 is 0 Å². The number of piperazine rings is 1. The van der Waals surface area contributed by atoms with Crippen molar-refractivity contribution in [2.24, 2.45) is 11.3 Å². The van der Waals surface area contributed by atoms with Crippen LogP contribution in [-0.2, 0) is 0 Å². The number of nitrogens with zero attached hydrogens (tertiary/aromatic N) is 2. The van der Waals surface area contributed by atoms with Gasteiger partial charge in [-0.2, -0.15) is 0 Å². The highest BCUT2D eigenvalue weighted by Gasteiger charge is 2.32. The van der Waals surface area contributed by atoms with Crippen LogP contribution in [0.2, 0.25) is 0 Å². The van der Waals surface area contributed by atoms with Gasteiger partial charge < -0.3 is 5.32 Å². The molecule has 1 atom stereocenters. The predicted molar refractivity (Wildman–Crippen MR) is 82.5 cm³/mol. The van der Waals surface area contributed by atoms with Crippen LogP contribution in [-0.4, -0.2) is 61.7 Å². The first-order chi connectivity index (χ1) is 8.96. The number of hydrogen-bond donors (Lipinski definition) is 1. The first-order valence-electron chi connectivity index (χ1n) is 8.13. The van der Waals surface area contributed by atoms with Gasteiger partial charge in [0.2, 0.25) is 0 Å². The summed E-state index contributed by atoms with van der Waals surface area (Å²) in [7, 11) is 0. The summed E-state index contributed by atoms with van der Waals surface area (Å²) in [6.07, 6.45) is 2.83. The summed E-state index contributed by atoms with van der Waals surface area (Å²) in [6.45, 7) is 18.1. The highest BCUT2D eigenvalue weighted by molar-refractivity contribution is 4.89. The molecule has 0 aromatic carbocycles. The van der Waals surface area contributed by atoms with E-state index in [1.54, 1.807) is 0 Å². The van der Waals surface area contributed by atoms with Gasteiger partial charge in [0.15, 0.2) is 0 Å². The molecule has 2 aliphatic heterocycles. The molecule has 19 heavy (non-hydrogen) atoms. The minimum atomic E-state index is 0.385. The molecule has 2 aliphatic rings. The second-order valence-electron chi connectivity index (χ2n) is 7.76. The second kappa shape index (κ2) is 6.55. The minimum Gasteiger partial charge on any atom is -0.316 e. The van der Waals surface area contributed by atoms with Crippen LogP contribution in [0.1, 0.15) is 40.5 Å². The predicted octanol–water partition coefficient (Wildman–Crippen LogP) is 2.04. The standard InChI is InChI=1S/C16H33N3/c1-14(2)10-17-12-16(3,4)13-18-8-9-19-7-5-6-15(19)11-18/h14-15,17H,5-13H2,1-4H3. The highest BCUT2D eigenvalue weighted by Crippen LogP contribution is 2.24. The third-order valence-electron chi connectivity index (χ3n) is 4.48. The van der Waals surface area contributed by atoms with Gasteiger partial charge in [0.25, 0.3) is 0 Å². The Morgan fingerprint density at radius 1 is 1.21 bits per heavy atom. The molecule has 3 heteroatoms. The number of rotatable bonds is 6. The lowest BCUT2D eigenvalue weighted by atomic mass is 9.91. The molecule has 2 heterocycles. The van der Waals surface area contributed by atoms with Gasteiger partial charge in [-0.05, 0) is 37.3 Å². The van der Waals surface area contributed by atoms with Crippen LogP contribution in [0.15, 0.2) is 0 Å². The van der Waals surface area contributed by atoms with Gasteiger partial charge in [-0.25, -0.2) is 0 Å². The second-order valence-corrected chi connectivity index (χ2v) is 7.76. The molecule has 0 aliphatic carbocycles. The molecule has 2 fully saturated rings. The lowest BCUT2D eigenvalue weighted by molar-refractivity contribution is 0.0740. The van der Waals surface area contributed by atoms with Crippen molar-refractivity contribution in [3.8, 4) is 0 Å². The molecule has 2 rings (SSSR count). The number of hydrogen-bond acceptors (Lipinski definition) is 3. The van der Waals surface area contributed by atoms with Crippen molar-refractivity contribution in [2.45, 2.75) is 46.6 Å². The van der Waals surface area contributed by atoms with Crippen molar-refractivity contribution in [2.75, 3.05) is 45.8 Å². The van der Waals surface area contributed by atoms with Crippen molar-refractivity contribution >= 4 is 0 Å². The lowest BCUT2D eigenvalue weighted by Gasteiger charge is -2.41. The first-order valence-corrected chi connectivity index (χ1v) is 8.13. The topological polar surface area (TPSA) is 18.5 Å². The fourth-order valence-corrected chi connectivity index (χ4v) is 3.56. The fraction of sp³-hybridized carbons (Fsp3) is 1.00. The van der Waals surface area contributed by atoms with Crippen LogP contribution in [0.3, 0.4) is 0 Å². The molecule has 0 aromatic heterocycles. The Bertz CT molecular complexity index is 275. The van der Waals surface area contributed by atoms with Crippen LogP contribution in [0.25, 0.3) is 0 Å². The fourth-order valence-electron chi connectivity index (χ4n) is 3.56. The highest BCUT2D eigenvalue weighted by atomic mass is 15.3. The maximum Gasteiger partial charge on any atom is 0.0224 e. The van der Waals surface area contributed by atoms with E-state index in [0.29, 0.717) is 5.41 Å².